The molecule has 0 aliphatic carbocycles. The molecule has 0 amide bonds. The number of rotatable bonds is 6. The minimum absolute atomic E-state index is 0.135. The van der Waals surface area contributed by atoms with Crippen molar-refractivity contribution in [2.45, 2.75) is 19.6 Å². The summed E-state index contributed by atoms with van der Waals surface area (Å²) in [6.07, 6.45) is 3.86. The van der Waals surface area contributed by atoms with Crippen LogP contribution in [0.25, 0.3) is 11.1 Å². The molecule has 8 heteroatoms. The summed E-state index contributed by atoms with van der Waals surface area (Å²) >= 11 is 0. The first-order chi connectivity index (χ1) is 14.9. The molecule has 1 atom stereocenters. The number of aryl methyl sites for hydroxylation is 2. The fraction of sp³-hybridized carbons (Fsp3) is 0.435. The number of benzene rings is 1. The van der Waals surface area contributed by atoms with Crippen molar-refractivity contribution in [1.82, 2.24) is 24.6 Å². The topological polar surface area (TPSA) is 68.5 Å². The van der Waals surface area contributed by atoms with E-state index in [0.29, 0.717) is 12.6 Å². The van der Waals surface area contributed by atoms with Crippen molar-refractivity contribution in [3.8, 4) is 16.9 Å². The second kappa shape index (κ2) is 9.03. The minimum atomic E-state index is -0.135. The standard InChI is InChI=1S/C23H30N6O2/c1-16-18(13-28(4)26-16)14-29-10-11-31-21(15-29)22-20(12-24-23(25-22)27(2)3)17-6-8-19(30-5)9-7-17/h6-9,12-13,21H,10-11,14-15H2,1-5H3/t21-/m1/s1. The molecule has 0 saturated carbocycles. The molecule has 1 aliphatic heterocycles. The molecule has 164 valence electrons. The van der Waals surface area contributed by atoms with E-state index in [1.54, 1.807) is 7.11 Å². The van der Waals surface area contributed by atoms with E-state index in [1.165, 1.54) is 5.56 Å². The van der Waals surface area contributed by atoms with Gasteiger partial charge in [0, 0.05) is 64.3 Å². The first-order valence-electron chi connectivity index (χ1n) is 10.5. The van der Waals surface area contributed by atoms with Gasteiger partial charge < -0.3 is 14.4 Å². The summed E-state index contributed by atoms with van der Waals surface area (Å²) in [6, 6.07) is 7.99. The Morgan fingerprint density at radius 1 is 1.23 bits per heavy atom. The van der Waals surface area contributed by atoms with Gasteiger partial charge in [0.15, 0.2) is 0 Å². The van der Waals surface area contributed by atoms with Crippen molar-refractivity contribution in [3.05, 3.63) is 53.6 Å². The van der Waals surface area contributed by atoms with Gasteiger partial charge in [-0.1, -0.05) is 12.1 Å². The molecule has 1 saturated heterocycles. The van der Waals surface area contributed by atoms with Crippen LogP contribution in [0.5, 0.6) is 5.75 Å². The van der Waals surface area contributed by atoms with Gasteiger partial charge in [-0.25, -0.2) is 9.97 Å². The second-order valence-corrected chi connectivity index (χ2v) is 8.10. The van der Waals surface area contributed by atoms with Gasteiger partial charge in [0.2, 0.25) is 5.95 Å². The predicted molar refractivity (Wildman–Crippen MR) is 120 cm³/mol. The van der Waals surface area contributed by atoms with Crippen molar-refractivity contribution in [2.24, 2.45) is 7.05 Å². The van der Waals surface area contributed by atoms with Gasteiger partial charge in [0.1, 0.15) is 11.9 Å². The number of morpholine rings is 1. The number of ether oxygens (including phenoxy) is 2. The summed E-state index contributed by atoms with van der Waals surface area (Å²) in [4.78, 5) is 13.8. The molecule has 31 heavy (non-hydrogen) atoms. The molecule has 1 aromatic carbocycles. The number of hydrogen-bond acceptors (Lipinski definition) is 7. The fourth-order valence-electron chi connectivity index (χ4n) is 3.90. The normalized spacial score (nSPS) is 17.0. The van der Waals surface area contributed by atoms with Crippen LogP contribution >= 0.6 is 0 Å². The molecular formula is C23H30N6O2. The Balaban J connectivity index is 1.64. The predicted octanol–water partition coefficient (Wildman–Crippen LogP) is 2.83. The molecule has 4 rings (SSSR count). The Labute approximate surface area is 183 Å². The molecule has 0 spiro atoms. The largest absolute Gasteiger partial charge is 0.497 e. The zero-order chi connectivity index (χ0) is 22.0. The number of aromatic nitrogens is 4. The first-order valence-corrected chi connectivity index (χ1v) is 10.5. The van der Waals surface area contributed by atoms with E-state index in [0.717, 1.165) is 47.9 Å². The molecule has 8 nitrogen and oxygen atoms in total. The van der Waals surface area contributed by atoms with Crippen LogP contribution in [-0.4, -0.2) is 65.5 Å². The average molecular weight is 423 g/mol. The Kier molecular flexibility index (Phi) is 6.20. The van der Waals surface area contributed by atoms with Crippen LogP contribution in [0.4, 0.5) is 5.95 Å². The SMILES string of the molecule is COc1ccc(-c2cnc(N(C)C)nc2[C@H]2CN(Cc3cn(C)nc3C)CCO2)cc1. The number of nitrogens with zero attached hydrogens (tertiary/aromatic N) is 6. The van der Waals surface area contributed by atoms with Crippen LogP contribution in [-0.2, 0) is 18.3 Å². The van der Waals surface area contributed by atoms with Gasteiger partial charge in [-0.15, -0.1) is 0 Å². The lowest BCUT2D eigenvalue weighted by molar-refractivity contribution is -0.0347. The molecule has 1 fully saturated rings. The molecule has 2 aromatic heterocycles. The lowest BCUT2D eigenvalue weighted by atomic mass is 10.0. The van der Waals surface area contributed by atoms with Gasteiger partial charge in [-0.05, 0) is 24.6 Å². The van der Waals surface area contributed by atoms with Gasteiger partial charge in [0.05, 0.1) is 25.1 Å². The molecular weight excluding hydrogens is 392 g/mol. The van der Waals surface area contributed by atoms with Crippen LogP contribution in [0.1, 0.15) is 23.1 Å². The Hall–Kier alpha value is -2.97. The third-order valence-corrected chi connectivity index (χ3v) is 5.57. The quantitative estimate of drug-likeness (QED) is 0.605. The summed E-state index contributed by atoms with van der Waals surface area (Å²) < 4.78 is 13.4. The lowest BCUT2D eigenvalue weighted by Gasteiger charge is -2.33. The number of anilines is 1. The summed E-state index contributed by atoms with van der Waals surface area (Å²) in [6.45, 7) is 5.22. The summed E-state index contributed by atoms with van der Waals surface area (Å²) in [5.41, 5.74) is 5.26. The monoisotopic (exact) mass is 422 g/mol. The van der Waals surface area contributed by atoms with E-state index >= 15 is 0 Å². The molecule has 0 N–H and O–H groups in total. The molecule has 0 radical (unpaired) electrons. The maximum absolute atomic E-state index is 6.21. The van der Waals surface area contributed by atoms with Crippen molar-refractivity contribution >= 4 is 5.95 Å². The van der Waals surface area contributed by atoms with Crippen LogP contribution in [0, 0.1) is 6.92 Å². The number of hydrogen-bond donors (Lipinski definition) is 0. The highest BCUT2D eigenvalue weighted by Crippen LogP contribution is 2.32. The third-order valence-electron chi connectivity index (χ3n) is 5.57. The molecule has 1 aliphatic rings. The Morgan fingerprint density at radius 2 is 2.00 bits per heavy atom. The van der Waals surface area contributed by atoms with Crippen molar-refractivity contribution in [2.75, 3.05) is 45.8 Å². The summed E-state index contributed by atoms with van der Waals surface area (Å²) in [7, 11) is 7.53. The molecule has 0 unspecified atom stereocenters. The lowest BCUT2D eigenvalue weighted by Crippen LogP contribution is -2.38. The van der Waals surface area contributed by atoms with Gasteiger partial charge in [-0.3, -0.25) is 9.58 Å². The maximum Gasteiger partial charge on any atom is 0.225 e. The van der Waals surface area contributed by atoms with E-state index in [4.69, 9.17) is 14.5 Å². The third kappa shape index (κ3) is 4.70. The zero-order valence-electron chi connectivity index (χ0n) is 18.9. The van der Waals surface area contributed by atoms with Crippen molar-refractivity contribution < 1.29 is 9.47 Å². The molecule has 3 heterocycles. The smallest absolute Gasteiger partial charge is 0.225 e. The van der Waals surface area contributed by atoms with Gasteiger partial charge in [0.25, 0.3) is 0 Å². The van der Waals surface area contributed by atoms with E-state index < -0.39 is 0 Å². The summed E-state index contributed by atoms with van der Waals surface area (Å²) in [5.74, 6) is 1.50. The molecule has 0 bridgehead atoms. The second-order valence-electron chi connectivity index (χ2n) is 8.10. The molecule has 3 aromatic rings. The first kappa shape index (κ1) is 21.3. The van der Waals surface area contributed by atoms with Crippen LogP contribution in [0.15, 0.2) is 36.7 Å². The van der Waals surface area contributed by atoms with Crippen molar-refractivity contribution in [1.29, 1.82) is 0 Å². The fourth-order valence-corrected chi connectivity index (χ4v) is 3.90. The van der Waals surface area contributed by atoms with Crippen molar-refractivity contribution in [3.63, 3.8) is 0 Å². The average Bonchev–Trinajstić information content (AvgIpc) is 3.10. The summed E-state index contributed by atoms with van der Waals surface area (Å²) in [5, 5.41) is 4.48. The van der Waals surface area contributed by atoms with E-state index in [2.05, 4.69) is 28.1 Å². The van der Waals surface area contributed by atoms with Crippen LogP contribution < -0.4 is 9.64 Å². The van der Waals surface area contributed by atoms with Gasteiger partial charge >= 0.3 is 0 Å². The number of methoxy groups -OCH3 is 1. The van der Waals surface area contributed by atoms with E-state index in [9.17, 15) is 0 Å². The zero-order valence-corrected chi connectivity index (χ0v) is 18.9. The van der Waals surface area contributed by atoms with Crippen LogP contribution in [0.2, 0.25) is 0 Å². The Morgan fingerprint density at radius 3 is 2.65 bits per heavy atom. The highest BCUT2D eigenvalue weighted by molar-refractivity contribution is 5.67. The van der Waals surface area contributed by atoms with E-state index in [-0.39, 0.29) is 6.10 Å². The maximum atomic E-state index is 6.21. The highest BCUT2D eigenvalue weighted by atomic mass is 16.5. The van der Waals surface area contributed by atoms with E-state index in [1.807, 2.05) is 61.2 Å². The van der Waals surface area contributed by atoms with Crippen LogP contribution in [0.3, 0.4) is 0 Å². The highest BCUT2D eigenvalue weighted by Gasteiger charge is 2.27. The Bertz CT molecular complexity index is 1030. The minimum Gasteiger partial charge on any atom is -0.497 e. The van der Waals surface area contributed by atoms with Gasteiger partial charge in [-0.2, -0.15) is 5.10 Å².